The summed E-state index contributed by atoms with van der Waals surface area (Å²) in [5, 5.41) is 3.55. The van der Waals surface area contributed by atoms with Crippen molar-refractivity contribution in [3.63, 3.8) is 0 Å². The van der Waals surface area contributed by atoms with Crippen LogP contribution in [0.1, 0.15) is 15.9 Å². The number of ether oxygens (including phenoxy) is 1. The van der Waals surface area contributed by atoms with Crippen LogP contribution in [0.4, 0.5) is 0 Å². The highest BCUT2D eigenvalue weighted by Crippen LogP contribution is 2.25. The van der Waals surface area contributed by atoms with Crippen molar-refractivity contribution in [2.75, 3.05) is 18.9 Å². The van der Waals surface area contributed by atoms with Gasteiger partial charge in [-0.25, -0.2) is 0 Å². The number of hydrogen-bond donors (Lipinski definition) is 1. The maximum atomic E-state index is 12.0. The molecule has 0 atom stereocenters. The number of nitrogens with zero attached hydrogens (tertiary/aromatic N) is 1. The number of carbonyl (C=O) groups excluding carboxylic acids is 1. The molecule has 5 heteroatoms. The number of carbonyl (C=O) groups is 1. The first kappa shape index (κ1) is 10.7. The van der Waals surface area contributed by atoms with Crippen LogP contribution in [0.5, 0.6) is 5.75 Å². The van der Waals surface area contributed by atoms with Gasteiger partial charge in [0.1, 0.15) is 5.75 Å². The number of nitrogens with one attached hydrogen (secondary N) is 1. The predicted molar refractivity (Wildman–Crippen MR) is 67.9 cm³/mol. The average Bonchev–Trinajstić information content (AvgIpc) is 2.97. The third-order valence-corrected chi connectivity index (χ3v) is 3.65. The standard InChI is InChI=1S/C12H12N2O2S/c15-11(14-12-13-4-6-17-12)9-1-2-10-8(7-9)3-5-16-10/h1-2,7H,3-6H2,(H,13,14,15). The summed E-state index contributed by atoms with van der Waals surface area (Å²) in [5.41, 5.74) is 1.78. The van der Waals surface area contributed by atoms with Crippen molar-refractivity contribution in [2.45, 2.75) is 6.42 Å². The van der Waals surface area contributed by atoms with E-state index in [1.54, 1.807) is 17.8 Å². The number of rotatable bonds is 1. The van der Waals surface area contributed by atoms with Crippen LogP contribution in [0.3, 0.4) is 0 Å². The van der Waals surface area contributed by atoms with Gasteiger partial charge >= 0.3 is 0 Å². The summed E-state index contributed by atoms with van der Waals surface area (Å²) in [6.07, 6.45) is 0.881. The van der Waals surface area contributed by atoms with Crippen molar-refractivity contribution in [1.82, 2.24) is 5.32 Å². The smallest absolute Gasteiger partial charge is 0.257 e. The van der Waals surface area contributed by atoms with Crippen LogP contribution in [0.25, 0.3) is 0 Å². The zero-order chi connectivity index (χ0) is 11.7. The maximum Gasteiger partial charge on any atom is 0.257 e. The largest absolute Gasteiger partial charge is 0.493 e. The molecule has 17 heavy (non-hydrogen) atoms. The Morgan fingerprint density at radius 1 is 1.47 bits per heavy atom. The van der Waals surface area contributed by atoms with E-state index in [2.05, 4.69) is 10.3 Å². The fourth-order valence-corrected chi connectivity index (χ4v) is 2.63. The number of hydrogen-bond acceptors (Lipinski definition) is 4. The van der Waals surface area contributed by atoms with Gasteiger partial charge < -0.3 is 10.1 Å². The number of amidine groups is 1. The topological polar surface area (TPSA) is 50.7 Å². The monoisotopic (exact) mass is 248 g/mol. The van der Waals surface area contributed by atoms with Crippen LogP contribution in [0, 0.1) is 0 Å². The second kappa shape index (κ2) is 4.41. The predicted octanol–water partition coefficient (Wildman–Crippen LogP) is 1.45. The van der Waals surface area contributed by atoms with E-state index in [1.807, 2.05) is 12.1 Å². The normalized spacial score (nSPS) is 17.3. The quantitative estimate of drug-likeness (QED) is 0.818. The van der Waals surface area contributed by atoms with E-state index in [4.69, 9.17) is 4.74 Å². The lowest BCUT2D eigenvalue weighted by Crippen LogP contribution is -2.27. The molecule has 2 aliphatic rings. The molecule has 1 N–H and O–H groups in total. The molecule has 0 spiro atoms. The molecule has 0 radical (unpaired) electrons. The van der Waals surface area contributed by atoms with E-state index < -0.39 is 0 Å². The van der Waals surface area contributed by atoms with Crippen molar-refractivity contribution in [1.29, 1.82) is 0 Å². The Morgan fingerprint density at radius 3 is 3.24 bits per heavy atom. The summed E-state index contributed by atoms with van der Waals surface area (Å²) in [4.78, 5) is 16.2. The zero-order valence-corrected chi connectivity index (χ0v) is 10.0. The molecule has 88 valence electrons. The Labute approximate surface area is 103 Å². The number of amides is 1. The molecule has 0 unspecified atom stereocenters. The molecule has 0 bridgehead atoms. The molecule has 3 rings (SSSR count). The molecule has 1 amide bonds. The molecule has 0 fully saturated rings. The lowest BCUT2D eigenvalue weighted by molar-refractivity contribution is 0.0978. The third-order valence-electron chi connectivity index (χ3n) is 2.76. The Kier molecular flexibility index (Phi) is 2.76. The molecule has 2 aliphatic heterocycles. The number of aliphatic imine (C=N–C) groups is 1. The lowest BCUT2D eigenvalue weighted by Gasteiger charge is -2.05. The van der Waals surface area contributed by atoms with Crippen molar-refractivity contribution in [2.24, 2.45) is 4.99 Å². The van der Waals surface area contributed by atoms with Gasteiger partial charge in [0.25, 0.3) is 5.91 Å². The fourth-order valence-electron chi connectivity index (χ4n) is 1.91. The highest BCUT2D eigenvalue weighted by Gasteiger charge is 2.16. The van der Waals surface area contributed by atoms with Gasteiger partial charge in [-0.05, 0) is 23.8 Å². The molecule has 0 saturated carbocycles. The van der Waals surface area contributed by atoms with Crippen LogP contribution in [0.15, 0.2) is 23.2 Å². The molecule has 0 saturated heterocycles. The maximum absolute atomic E-state index is 12.0. The average molecular weight is 248 g/mol. The van der Waals surface area contributed by atoms with Crippen molar-refractivity contribution in [3.05, 3.63) is 29.3 Å². The summed E-state index contributed by atoms with van der Waals surface area (Å²) in [7, 11) is 0. The van der Waals surface area contributed by atoms with Gasteiger partial charge in [-0.3, -0.25) is 9.79 Å². The number of benzene rings is 1. The van der Waals surface area contributed by atoms with E-state index in [1.165, 1.54) is 0 Å². The minimum absolute atomic E-state index is 0.0900. The van der Waals surface area contributed by atoms with Gasteiger partial charge in [0.2, 0.25) is 0 Å². The van der Waals surface area contributed by atoms with Gasteiger partial charge in [0, 0.05) is 17.7 Å². The number of fused-ring (bicyclic) bond motifs is 1. The SMILES string of the molecule is O=C(NC1=NCCS1)c1ccc2c(c1)CCO2. The summed E-state index contributed by atoms with van der Waals surface area (Å²) in [6.45, 7) is 1.50. The van der Waals surface area contributed by atoms with Gasteiger partial charge in [0.15, 0.2) is 5.17 Å². The van der Waals surface area contributed by atoms with Crippen molar-refractivity contribution < 1.29 is 9.53 Å². The minimum Gasteiger partial charge on any atom is -0.493 e. The molecule has 4 nitrogen and oxygen atoms in total. The van der Waals surface area contributed by atoms with Crippen molar-refractivity contribution in [3.8, 4) is 5.75 Å². The Balaban J connectivity index is 1.77. The summed E-state index contributed by atoms with van der Waals surface area (Å²) >= 11 is 1.58. The van der Waals surface area contributed by atoms with Crippen LogP contribution >= 0.6 is 11.8 Å². The van der Waals surface area contributed by atoms with E-state index in [-0.39, 0.29) is 5.91 Å². The summed E-state index contributed by atoms with van der Waals surface area (Å²) in [5.74, 6) is 1.76. The summed E-state index contributed by atoms with van der Waals surface area (Å²) < 4.78 is 5.41. The highest BCUT2D eigenvalue weighted by molar-refractivity contribution is 8.14. The second-order valence-electron chi connectivity index (χ2n) is 3.91. The molecule has 2 heterocycles. The van der Waals surface area contributed by atoms with Gasteiger partial charge in [-0.2, -0.15) is 0 Å². The first-order valence-corrected chi connectivity index (χ1v) is 6.56. The molecular formula is C12H12N2O2S. The Bertz CT molecular complexity index is 499. The van der Waals surface area contributed by atoms with Gasteiger partial charge in [0.05, 0.1) is 13.2 Å². The van der Waals surface area contributed by atoms with Crippen LogP contribution in [-0.4, -0.2) is 30.0 Å². The van der Waals surface area contributed by atoms with Crippen LogP contribution in [-0.2, 0) is 6.42 Å². The van der Waals surface area contributed by atoms with E-state index in [0.29, 0.717) is 12.2 Å². The Hall–Kier alpha value is -1.49. The summed E-state index contributed by atoms with van der Waals surface area (Å²) in [6, 6.07) is 5.55. The zero-order valence-electron chi connectivity index (χ0n) is 9.23. The Morgan fingerprint density at radius 2 is 2.41 bits per heavy atom. The molecule has 0 aliphatic carbocycles. The van der Waals surface area contributed by atoms with E-state index in [9.17, 15) is 4.79 Å². The minimum atomic E-state index is -0.0900. The highest BCUT2D eigenvalue weighted by atomic mass is 32.2. The molecule has 1 aromatic carbocycles. The fraction of sp³-hybridized carbons (Fsp3) is 0.333. The van der Waals surface area contributed by atoms with E-state index >= 15 is 0 Å². The lowest BCUT2D eigenvalue weighted by atomic mass is 10.1. The van der Waals surface area contributed by atoms with Crippen LogP contribution < -0.4 is 10.1 Å². The van der Waals surface area contributed by atoms with E-state index in [0.717, 1.165) is 35.2 Å². The number of thioether (sulfide) groups is 1. The molecule has 0 aromatic heterocycles. The first-order chi connectivity index (χ1) is 8.33. The van der Waals surface area contributed by atoms with Crippen LogP contribution in [0.2, 0.25) is 0 Å². The first-order valence-electron chi connectivity index (χ1n) is 5.57. The molecular weight excluding hydrogens is 236 g/mol. The van der Waals surface area contributed by atoms with Gasteiger partial charge in [-0.1, -0.05) is 11.8 Å². The van der Waals surface area contributed by atoms with Crippen molar-refractivity contribution >= 4 is 22.8 Å². The molecule has 1 aromatic rings. The third kappa shape index (κ3) is 2.15. The van der Waals surface area contributed by atoms with Gasteiger partial charge in [-0.15, -0.1) is 0 Å². The second-order valence-corrected chi connectivity index (χ2v) is 4.99.